The Bertz CT molecular complexity index is 3060. The van der Waals surface area contributed by atoms with Gasteiger partial charge in [-0.1, -0.05) is 46.6 Å². The summed E-state index contributed by atoms with van der Waals surface area (Å²) >= 11 is 0. The second kappa shape index (κ2) is 28.5. The lowest BCUT2D eigenvalue weighted by molar-refractivity contribution is -0.141. The van der Waals surface area contributed by atoms with Crippen LogP contribution in [0.25, 0.3) is 0 Å². The van der Waals surface area contributed by atoms with Crippen molar-refractivity contribution < 1.29 is 76.9 Å². The lowest BCUT2D eigenvalue weighted by Gasteiger charge is -2.41. The number of rotatable bonds is 21. The molecule has 2 aromatic rings. The van der Waals surface area contributed by atoms with Crippen molar-refractivity contribution in [2.24, 2.45) is 0 Å². The first kappa shape index (κ1) is 65.4. The first-order valence-corrected chi connectivity index (χ1v) is 30.5. The third-order valence-electron chi connectivity index (χ3n) is 17.7. The maximum absolute atomic E-state index is 14.8. The molecule has 2 saturated heterocycles. The molecular formula is C65H88N6O16. The molecule has 0 spiro atoms. The van der Waals surface area contributed by atoms with E-state index in [1.165, 1.54) is 73.1 Å². The van der Waals surface area contributed by atoms with E-state index in [4.69, 9.17) is 33.2 Å². The third-order valence-corrected chi connectivity index (χ3v) is 17.7. The number of amides is 6. The van der Waals surface area contributed by atoms with Crippen LogP contribution in [0, 0.1) is 0 Å². The summed E-state index contributed by atoms with van der Waals surface area (Å²) in [6.07, 6.45) is 9.35. The van der Waals surface area contributed by atoms with Gasteiger partial charge in [-0.2, -0.15) is 0 Å². The van der Waals surface area contributed by atoms with Gasteiger partial charge in [-0.3, -0.25) is 19.3 Å². The van der Waals surface area contributed by atoms with E-state index in [9.17, 15) is 43.8 Å². The fraction of sp³-hybridized carbons (Fsp3) is 0.585. The van der Waals surface area contributed by atoms with E-state index in [-0.39, 0.29) is 133 Å². The van der Waals surface area contributed by atoms with E-state index in [0.29, 0.717) is 59.4 Å². The first-order valence-electron chi connectivity index (χ1n) is 30.5. The van der Waals surface area contributed by atoms with Crippen LogP contribution in [0.2, 0.25) is 0 Å². The van der Waals surface area contributed by atoms with Gasteiger partial charge in [0.1, 0.15) is 34.2 Å². The smallest absolute Gasteiger partial charge is 0.415 e. The van der Waals surface area contributed by atoms with Crippen LogP contribution in [0.3, 0.4) is 0 Å². The lowest BCUT2D eigenvalue weighted by atomic mass is 9.84. The van der Waals surface area contributed by atoms with Gasteiger partial charge in [-0.05, 0) is 125 Å². The van der Waals surface area contributed by atoms with Gasteiger partial charge in [-0.15, -0.1) is 0 Å². The molecule has 474 valence electrons. The van der Waals surface area contributed by atoms with Gasteiger partial charge in [0.15, 0.2) is 6.23 Å². The van der Waals surface area contributed by atoms with Crippen molar-refractivity contribution in [3.05, 3.63) is 92.1 Å². The number of fused-ring (bicyclic) bond motifs is 6. The Balaban J connectivity index is 1.01. The number of aliphatic hydroxyl groups is 2. The molecule has 6 amide bonds. The quantitative estimate of drug-likeness (QED) is 0.0671. The Morgan fingerprint density at radius 2 is 1.01 bits per heavy atom. The highest BCUT2D eigenvalue weighted by atomic mass is 16.6. The van der Waals surface area contributed by atoms with Gasteiger partial charge in [-0.25, -0.2) is 19.2 Å². The second-order valence-electron chi connectivity index (χ2n) is 24.6. The van der Waals surface area contributed by atoms with Crippen molar-refractivity contribution in [2.45, 2.75) is 175 Å². The number of hydrogen-bond donors (Lipinski definition) is 2. The first-order chi connectivity index (χ1) is 41.5. The van der Waals surface area contributed by atoms with Crippen molar-refractivity contribution in [3.63, 3.8) is 0 Å². The summed E-state index contributed by atoms with van der Waals surface area (Å²) in [6, 6.07) is 3.01. The molecular weight excluding hydrogens is 1120 g/mol. The minimum Gasteiger partial charge on any atom is -0.484 e. The van der Waals surface area contributed by atoms with Crippen LogP contribution in [0.5, 0.6) is 23.0 Å². The number of nitrogens with zero attached hydrogens (tertiary/aromatic N) is 6. The van der Waals surface area contributed by atoms with Gasteiger partial charge in [0, 0.05) is 100 Å². The predicted octanol–water partition coefficient (Wildman–Crippen LogP) is 9.40. The Hall–Kier alpha value is -7.59. The normalized spacial score (nSPS) is 22.0. The number of piperazine rings is 2. The Kier molecular flexibility index (Phi) is 21.4. The Morgan fingerprint density at radius 3 is 1.43 bits per heavy atom. The van der Waals surface area contributed by atoms with Crippen LogP contribution in [0.15, 0.2) is 58.7 Å². The number of hydrogen-bond acceptors (Lipinski definition) is 16. The average Bonchev–Trinajstić information content (AvgIpc) is 1.93. The van der Waals surface area contributed by atoms with Crippen LogP contribution in [-0.2, 0) is 44.9 Å². The molecule has 2 fully saturated rings. The zero-order valence-electron chi connectivity index (χ0n) is 52.3. The maximum Gasteiger partial charge on any atom is 0.415 e. The molecule has 0 radical (unpaired) electrons. The van der Waals surface area contributed by atoms with Crippen molar-refractivity contribution in [1.82, 2.24) is 29.4 Å². The standard InChI is InChI=1S/C65H88N6O16/c1-41(2)16-11-18-43(5)20-13-23-64(7)53(73)36-47-51(84-62(79)68-30-26-66(27-31-68)60(77)81-9)34-45-49(56(47)86-64)38-70(58(45)75)25-15-22-55(83-40-72)71-39-50-46(59(71)76)35-52(85-63(80)69-32-28-67(29-33-69)61(78)82-10)48-37-54(74)65(8,87-57(48)50)24-14-21-44(6)19-12-17-42(3)4/h16-17,20-21,34-35,40,53-55,73-74H,11-15,18-19,22-33,36-39H2,1-10H3/b43-20+,44-21+/t53-,54-,55+,64+,65+/m0/s1. The van der Waals surface area contributed by atoms with E-state index in [1.807, 2.05) is 13.8 Å². The fourth-order valence-corrected chi connectivity index (χ4v) is 12.2. The van der Waals surface area contributed by atoms with Crippen LogP contribution >= 0.6 is 0 Å². The summed E-state index contributed by atoms with van der Waals surface area (Å²) in [4.78, 5) is 103. The van der Waals surface area contributed by atoms with Gasteiger partial charge in [0.2, 0.25) is 0 Å². The highest BCUT2D eigenvalue weighted by Gasteiger charge is 2.48. The average molecular weight is 1210 g/mol. The van der Waals surface area contributed by atoms with E-state index in [0.717, 1.165) is 25.7 Å². The SMILES string of the molecule is COC(=O)N1CCN(C(=O)Oc2cc3c(c4c2C[C@H](O)[C@@](C)(CC/C=C(\C)CCC=C(C)C)O4)CN(CCC[C@@H](OC=O)N2Cc4c(cc(OC(=O)N5CCN(C(=O)OC)CC5)c5c4O[C@](C)(CC/C=C(\C)CCC=C(C)C)[C@@H](O)C5)C2=O)C3=O)CC1. The summed E-state index contributed by atoms with van der Waals surface area (Å²) in [5.74, 6) is -0.107. The number of aliphatic hydroxyl groups excluding tert-OH is 2. The largest absolute Gasteiger partial charge is 0.484 e. The van der Waals surface area contributed by atoms with Crippen LogP contribution < -0.4 is 18.9 Å². The molecule has 0 aromatic heterocycles. The van der Waals surface area contributed by atoms with Gasteiger partial charge in [0.25, 0.3) is 18.3 Å². The summed E-state index contributed by atoms with van der Waals surface area (Å²) in [7, 11) is 2.59. The molecule has 8 rings (SSSR count). The van der Waals surface area contributed by atoms with E-state index in [1.54, 1.807) is 4.90 Å². The van der Waals surface area contributed by atoms with Crippen molar-refractivity contribution >= 4 is 42.7 Å². The molecule has 0 unspecified atom stereocenters. The molecule has 2 N–H and O–H groups in total. The van der Waals surface area contributed by atoms with Crippen LogP contribution in [0.4, 0.5) is 19.2 Å². The number of benzene rings is 2. The molecule has 0 bridgehead atoms. The zero-order chi connectivity index (χ0) is 62.9. The third kappa shape index (κ3) is 15.2. The number of carbonyl (C=O) groups excluding carboxylic acids is 7. The molecule has 2 aromatic carbocycles. The zero-order valence-corrected chi connectivity index (χ0v) is 52.3. The molecule has 5 atom stereocenters. The number of carbonyl (C=O) groups is 7. The van der Waals surface area contributed by atoms with Crippen molar-refractivity contribution in [1.29, 1.82) is 0 Å². The predicted molar refractivity (Wildman–Crippen MR) is 322 cm³/mol. The van der Waals surface area contributed by atoms with Crippen LogP contribution in [-0.4, -0.2) is 185 Å². The molecule has 0 aliphatic carbocycles. The van der Waals surface area contributed by atoms with Gasteiger partial charge in [0.05, 0.1) is 50.6 Å². The van der Waals surface area contributed by atoms with Crippen molar-refractivity contribution in [3.8, 4) is 23.0 Å². The second-order valence-corrected chi connectivity index (χ2v) is 24.6. The molecule has 87 heavy (non-hydrogen) atoms. The Labute approximate surface area is 510 Å². The van der Waals surface area contributed by atoms with Gasteiger partial charge >= 0.3 is 24.4 Å². The van der Waals surface area contributed by atoms with E-state index >= 15 is 0 Å². The van der Waals surface area contributed by atoms with E-state index in [2.05, 4.69) is 65.8 Å². The number of methoxy groups -OCH3 is 2. The molecule has 6 heterocycles. The molecule has 6 aliphatic rings. The minimum absolute atomic E-state index is 0.0328. The maximum atomic E-state index is 14.8. The minimum atomic E-state index is -1.12. The molecule has 0 saturated carbocycles. The number of allylic oxidation sites excluding steroid dienone is 8. The van der Waals surface area contributed by atoms with Crippen molar-refractivity contribution in [2.75, 3.05) is 73.1 Å². The fourth-order valence-electron chi connectivity index (χ4n) is 12.2. The number of ether oxygens (including phenoxy) is 7. The monoisotopic (exact) mass is 1210 g/mol. The van der Waals surface area contributed by atoms with E-state index < -0.39 is 59.9 Å². The molecule has 22 heteroatoms. The topological polar surface area (TPSA) is 244 Å². The van der Waals surface area contributed by atoms with Gasteiger partial charge < -0.3 is 67.9 Å². The lowest BCUT2D eigenvalue weighted by Crippen LogP contribution is -2.51. The summed E-state index contributed by atoms with van der Waals surface area (Å²) in [5.41, 5.74) is 5.07. The summed E-state index contributed by atoms with van der Waals surface area (Å²) < 4.78 is 41.3. The highest BCUT2D eigenvalue weighted by Crippen LogP contribution is 2.49. The molecule has 22 nitrogen and oxygen atoms in total. The Morgan fingerprint density at radius 1 is 0.598 bits per heavy atom. The van der Waals surface area contributed by atoms with Crippen LogP contribution in [0.1, 0.15) is 163 Å². The summed E-state index contributed by atoms with van der Waals surface area (Å²) in [5, 5.41) is 23.7. The summed E-state index contributed by atoms with van der Waals surface area (Å²) in [6.45, 7) is 18.2. The molecule has 6 aliphatic heterocycles. The highest BCUT2D eigenvalue weighted by molar-refractivity contribution is 6.01.